The fourth-order valence-corrected chi connectivity index (χ4v) is 5.20. The van der Waals surface area contributed by atoms with E-state index in [0.717, 1.165) is 31.6 Å². The van der Waals surface area contributed by atoms with E-state index in [1.807, 2.05) is 32.0 Å². The molecule has 3 atom stereocenters. The Labute approximate surface area is 199 Å². The largest absolute Gasteiger partial charge is 0.349 e. The number of amides is 2. The normalized spacial score (nSPS) is 21.3. The standard InChI is InChI=1S/C26H31ClFN3O2/c1-17(2)25(32)29-23(18-7-4-3-5-8-18)11-12-30-13-19-15-31(16-20(19)14-30)26(33)24-21(27)9-6-10-22(24)28/h3-10,17,19-20,23H,11-16H2,1-2H3,(H,29,32)/t19-,20?,23?/m0/s1. The fourth-order valence-electron chi connectivity index (χ4n) is 4.96. The number of rotatable bonds is 7. The molecule has 0 saturated carbocycles. The third-order valence-electron chi connectivity index (χ3n) is 6.80. The molecule has 2 aliphatic rings. The molecule has 0 aliphatic carbocycles. The second-order valence-electron chi connectivity index (χ2n) is 9.50. The maximum Gasteiger partial charge on any atom is 0.258 e. The Balaban J connectivity index is 1.34. The highest BCUT2D eigenvalue weighted by Crippen LogP contribution is 2.33. The molecule has 2 unspecified atom stereocenters. The predicted octanol–water partition coefficient (Wildman–Crippen LogP) is 4.39. The molecule has 5 nitrogen and oxygen atoms in total. The van der Waals surface area contributed by atoms with E-state index in [1.165, 1.54) is 12.1 Å². The molecule has 2 aromatic rings. The summed E-state index contributed by atoms with van der Waals surface area (Å²) in [4.78, 5) is 29.4. The summed E-state index contributed by atoms with van der Waals surface area (Å²) in [6.45, 7) is 7.73. The average molecular weight is 472 g/mol. The SMILES string of the molecule is CC(C)C(=O)NC(CCN1CC2CN(C(=O)c3c(F)cccc3Cl)C[C@@H]2C1)c1ccccc1. The molecule has 1 N–H and O–H groups in total. The first-order valence-corrected chi connectivity index (χ1v) is 12.0. The minimum Gasteiger partial charge on any atom is -0.349 e. The number of likely N-dealkylation sites (tertiary alicyclic amines) is 2. The molecule has 176 valence electrons. The number of carbonyl (C=O) groups excluding carboxylic acids is 2. The first-order chi connectivity index (χ1) is 15.8. The van der Waals surface area contributed by atoms with Crippen molar-refractivity contribution in [3.63, 3.8) is 0 Å². The quantitative estimate of drug-likeness (QED) is 0.651. The van der Waals surface area contributed by atoms with Gasteiger partial charge in [0.15, 0.2) is 0 Å². The zero-order chi connectivity index (χ0) is 23.5. The maximum absolute atomic E-state index is 14.2. The van der Waals surface area contributed by atoms with Crippen LogP contribution in [0.5, 0.6) is 0 Å². The van der Waals surface area contributed by atoms with Crippen LogP contribution in [0.2, 0.25) is 5.02 Å². The molecule has 0 bridgehead atoms. The van der Waals surface area contributed by atoms with Gasteiger partial charge in [-0.05, 0) is 36.0 Å². The first kappa shape index (κ1) is 23.7. The molecular formula is C26H31ClFN3O2. The third kappa shape index (κ3) is 5.39. The number of halogens is 2. The summed E-state index contributed by atoms with van der Waals surface area (Å²) in [5.74, 6) is -0.141. The Bertz CT molecular complexity index is 966. The topological polar surface area (TPSA) is 52.7 Å². The summed E-state index contributed by atoms with van der Waals surface area (Å²) in [6, 6.07) is 14.4. The van der Waals surface area contributed by atoms with Crippen molar-refractivity contribution in [1.29, 1.82) is 0 Å². The summed E-state index contributed by atoms with van der Waals surface area (Å²) >= 11 is 6.10. The van der Waals surface area contributed by atoms with Crippen molar-refractivity contribution in [1.82, 2.24) is 15.1 Å². The van der Waals surface area contributed by atoms with Crippen molar-refractivity contribution in [3.05, 3.63) is 70.5 Å². The van der Waals surface area contributed by atoms with Crippen molar-refractivity contribution in [2.45, 2.75) is 26.3 Å². The zero-order valence-corrected chi connectivity index (χ0v) is 19.9. The zero-order valence-electron chi connectivity index (χ0n) is 19.1. The van der Waals surface area contributed by atoms with Gasteiger partial charge in [-0.15, -0.1) is 0 Å². The average Bonchev–Trinajstić information content (AvgIpc) is 3.35. The molecule has 7 heteroatoms. The van der Waals surface area contributed by atoms with Crippen LogP contribution in [-0.2, 0) is 4.79 Å². The summed E-state index contributed by atoms with van der Waals surface area (Å²) in [5.41, 5.74) is 1.09. The van der Waals surface area contributed by atoms with E-state index < -0.39 is 5.82 Å². The van der Waals surface area contributed by atoms with Crippen molar-refractivity contribution < 1.29 is 14.0 Å². The van der Waals surface area contributed by atoms with Crippen molar-refractivity contribution in [2.24, 2.45) is 17.8 Å². The van der Waals surface area contributed by atoms with Crippen LogP contribution >= 0.6 is 11.6 Å². The molecule has 4 rings (SSSR count). The lowest BCUT2D eigenvalue weighted by atomic mass is 10.0. The van der Waals surface area contributed by atoms with Crippen LogP contribution in [0, 0.1) is 23.6 Å². The number of fused-ring (bicyclic) bond motifs is 1. The summed E-state index contributed by atoms with van der Waals surface area (Å²) in [6.07, 6.45) is 0.829. The van der Waals surface area contributed by atoms with E-state index >= 15 is 0 Å². The van der Waals surface area contributed by atoms with Crippen LogP contribution in [0.3, 0.4) is 0 Å². The van der Waals surface area contributed by atoms with Crippen molar-refractivity contribution in [2.75, 3.05) is 32.7 Å². The summed E-state index contributed by atoms with van der Waals surface area (Å²) in [7, 11) is 0. The highest BCUT2D eigenvalue weighted by atomic mass is 35.5. The van der Waals surface area contributed by atoms with Gasteiger partial charge in [0.2, 0.25) is 5.91 Å². The number of hydrogen-bond acceptors (Lipinski definition) is 3. The number of carbonyl (C=O) groups is 2. The summed E-state index contributed by atoms with van der Waals surface area (Å²) in [5, 5.41) is 3.35. The summed E-state index contributed by atoms with van der Waals surface area (Å²) < 4.78 is 14.2. The molecule has 2 aromatic carbocycles. The van der Waals surface area contributed by atoms with Crippen molar-refractivity contribution in [3.8, 4) is 0 Å². The van der Waals surface area contributed by atoms with Gasteiger partial charge in [-0.1, -0.05) is 61.8 Å². The highest BCUT2D eigenvalue weighted by molar-refractivity contribution is 6.33. The van der Waals surface area contributed by atoms with Crippen molar-refractivity contribution >= 4 is 23.4 Å². The van der Waals surface area contributed by atoms with E-state index in [-0.39, 0.29) is 34.4 Å². The maximum atomic E-state index is 14.2. The Kier molecular flexibility index (Phi) is 7.35. The van der Waals surface area contributed by atoms with Gasteiger partial charge >= 0.3 is 0 Å². The Morgan fingerprint density at radius 2 is 1.70 bits per heavy atom. The van der Waals surface area contributed by atoms with Gasteiger partial charge in [-0.25, -0.2) is 4.39 Å². The number of hydrogen-bond donors (Lipinski definition) is 1. The lowest BCUT2D eigenvalue weighted by molar-refractivity contribution is -0.124. The molecule has 2 saturated heterocycles. The van der Waals surface area contributed by atoms with E-state index in [4.69, 9.17) is 11.6 Å². The molecule has 0 radical (unpaired) electrons. The molecule has 2 fully saturated rings. The highest BCUT2D eigenvalue weighted by Gasteiger charge is 2.42. The first-order valence-electron chi connectivity index (χ1n) is 11.6. The van der Waals surface area contributed by atoms with E-state index in [2.05, 4.69) is 22.3 Å². The molecular weight excluding hydrogens is 441 g/mol. The molecule has 0 spiro atoms. The molecule has 0 aromatic heterocycles. The van der Waals surface area contributed by atoms with Gasteiger partial charge in [0.05, 0.1) is 16.6 Å². The molecule has 2 heterocycles. The molecule has 33 heavy (non-hydrogen) atoms. The van der Waals surface area contributed by atoms with E-state index in [1.54, 1.807) is 11.0 Å². The monoisotopic (exact) mass is 471 g/mol. The van der Waals surface area contributed by atoms with Crippen LogP contribution in [-0.4, -0.2) is 54.3 Å². The Morgan fingerprint density at radius 1 is 1.03 bits per heavy atom. The number of benzene rings is 2. The third-order valence-corrected chi connectivity index (χ3v) is 7.12. The van der Waals surface area contributed by atoms with Crippen LogP contribution < -0.4 is 5.32 Å². The van der Waals surface area contributed by atoms with Crippen LogP contribution in [0.1, 0.15) is 42.2 Å². The van der Waals surface area contributed by atoms with Crippen LogP contribution in [0.4, 0.5) is 4.39 Å². The van der Waals surface area contributed by atoms with Gasteiger partial charge < -0.3 is 15.1 Å². The Morgan fingerprint density at radius 3 is 2.30 bits per heavy atom. The molecule has 2 aliphatic heterocycles. The minimum absolute atomic E-state index is 0.0252. The second kappa shape index (κ2) is 10.2. The Hall–Kier alpha value is -2.44. The minimum atomic E-state index is -0.568. The van der Waals surface area contributed by atoms with Gasteiger partial charge in [-0.2, -0.15) is 0 Å². The van der Waals surface area contributed by atoms with Crippen LogP contribution in [0.25, 0.3) is 0 Å². The second-order valence-corrected chi connectivity index (χ2v) is 9.91. The lowest BCUT2D eigenvalue weighted by Crippen LogP contribution is -2.36. The lowest BCUT2D eigenvalue weighted by Gasteiger charge is -2.25. The number of nitrogens with one attached hydrogen (secondary N) is 1. The van der Waals surface area contributed by atoms with E-state index in [0.29, 0.717) is 24.9 Å². The fraction of sp³-hybridized carbons (Fsp3) is 0.462. The van der Waals surface area contributed by atoms with Gasteiger partial charge in [0.1, 0.15) is 5.82 Å². The van der Waals surface area contributed by atoms with E-state index in [9.17, 15) is 14.0 Å². The van der Waals surface area contributed by atoms with Gasteiger partial charge in [-0.3, -0.25) is 9.59 Å². The molecule has 2 amide bonds. The van der Waals surface area contributed by atoms with Crippen LogP contribution in [0.15, 0.2) is 48.5 Å². The van der Waals surface area contributed by atoms with Gasteiger partial charge in [0, 0.05) is 38.6 Å². The van der Waals surface area contributed by atoms with Gasteiger partial charge in [0.25, 0.3) is 5.91 Å². The smallest absolute Gasteiger partial charge is 0.258 e. The number of nitrogens with zero attached hydrogens (tertiary/aromatic N) is 2. The predicted molar refractivity (Wildman–Crippen MR) is 128 cm³/mol.